The number of fused-ring (bicyclic) bond motifs is 1. The van der Waals surface area contributed by atoms with E-state index in [0.29, 0.717) is 0 Å². The van der Waals surface area contributed by atoms with Gasteiger partial charge in [0.05, 0.1) is 17.4 Å². The van der Waals surface area contributed by atoms with Crippen molar-refractivity contribution in [1.29, 1.82) is 0 Å². The molecule has 17 heavy (non-hydrogen) atoms. The Morgan fingerprint density at radius 3 is 2.94 bits per heavy atom. The lowest BCUT2D eigenvalue weighted by molar-refractivity contribution is -0.120. The van der Waals surface area contributed by atoms with Gasteiger partial charge in [0.15, 0.2) is 0 Å². The largest absolute Gasteiger partial charge is 0.336 e. The van der Waals surface area contributed by atoms with Crippen molar-refractivity contribution < 1.29 is 4.79 Å². The molecule has 1 N–H and O–H groups in total. The van der Waals surface area contributed by atoms with Crippen molar-refractivity contribution in [2.24, 2.45) is 0 Å². The second kappa shape index (κ2) is 4.99. The summed E-state index contributed by atoms with van der Waals surface area (Å²) in [7, 11) is 0. The van der Waals surface area contributed by atoms with Gasteiger partial charge in [-0.3, -0.25) is 4.79 Å². The molecule has 0 fully saturated rings. The molecule has 1 aromatic heterocycles. The van der Waals surface area contributed by atoms with Crippen LogP contribution in [0.3, 0.4) is 0 Å². The summed E-state index contributed by atoms with van der Waals surface area (Å²) in [5, 5.41) is 2.96. The predicted molar refractivity (Wildman–Crippen MR) is 67.5 cm³/mol. The number of imidazole rings is 1. The van der Waals surface area contributed by atoms with Crippen LogP contribution in [0.25, 0.3) is 11.0 Å². The third-order valence-electron chi connectivity index (χ3n) is 2.75. The maximum Gasteiger partial charge on any atom is 0.218 e. The average Bonchev–Trinajstić information content (AvgIpc) is 2.71. The van der Waals surface area contributed by atoms with Gasteiger partial charge in [-0.05, 0) is 18.6 Å². The summed E-state index contributed by atoms with van der Waals surface area (Å²) in [4.78, 5) is 15.6. The van der Waals surface area contributed by atoms with Crippen LogP contribution in [0.1, 0.15) is 32.9 Å². The first kappa shape index (κ1) is 11.6. The van der Waals surface area contributed by atoms with E-state index >= 15 is 0 Å². The number of amides is 1. The van der Waals surface area contributed by atoms with Crippen LogP contribution in [0.2, 0.25) is 0 Å². The number of rotatable bonds is 4. The monoisotopic (exact) mass is 231 g/mol. The maximum atomic E-state index is 11.2. The van der Waals surface area contributed by atoms with Crippen molar-refractivity contribution in [3.63, 3.8) is 0 Å². The van der Waals surface area contributed by atoms with E-state index in [1.54, 1.807) is 13.3 Å². The molecule has 0 aliphatic heterocycles. The van der Waals surface area contributed by atoms with E-state index < -0.39 is 0 Å². The zero-order chi connectivity index (χ0) is 12.3. The molecule has 0 radical (unpaired) electrons. The molecule has 2 rings (SSSR count). The average molecular weight is 231 g/mol. The van der Waals surface area contributed by atoms with Gasteiger partial charge < -0.3 is 9.88 Å². The number of nitrogens with zero attached hydrogens (tertiary/aromatic N) is 2. The summed E-state index contributed by atoms with van der Waals surface area (Å²) in [5.41, 5.74) is 2.01. The molecule has 1 atom stereocenters. The predicted octanol–water partition coefficient (Wildman–Crippen LogP) is 2.47. The Labute approximate surface area is 101 Å². The standard InChI is InChI=1S/C13H17N3O/c1-3-6-13(15-10(2)17)16-9-14-11-7-4-5-8-12(11)16/h4-5,7-9,13H,3,6H2,1-2H3,(H,15,17). The van der Waals surface area contributed by atoms with E-state index in [1.807, 2.05) is 28.8 Å². The van der Waals surface area contributed by atoms with E-state index in [0.717, 1.165) is 23.9 Å². The number of hydrogen-bond acceptors (Lipinski definition) is 2. The molecule has 0 bridgehead atoms. The van der Waals surface area contributed by atoms with E-state index in [2.05, 4.69) is 17.2 Å². The van der Waals surface area contributed by atoms with Gasteiger partial charge >= 0.3 is 0 Å². The highest BCUT2D eigenvalue weighted by Crippen LogP contribution is 2.19. The minimum atomic E-state index is -0.0127. The van der Waals surface area contributed by atoms with Crippen LogP contribution in [-0.2, 0) is 4.79 Å². The van der Waals surface area contributed by atoms with Gasteiger partial charge in [-0.1, -0.05) is 25.5 Å². The van der Waals surface area contributed by atoms with Gasteiger partial charge in [0.1, 0.15) is 6.17 Å². The molecule has 0 saturated heterocycles. The van der Waals surface area contributed by atoms with Gasteiger partial charge in [-0.15, -0.1) is 0 Å². The third-order valence-corrected chi connectivity index (χ3v) is 2.75. The third kappa shape index (κ3) is 2.46. The molecular formula is C13H17N3O. The fourth-order valence-electron chi connectivity index (χ4n) is 2.02. The van der Waals surface area contributed by atoms with Crippen molar-refractivity contribution in [2.75, 3.05) is 0 Å². The van der Waals surface area contributed by atoms with E-state index in [1.165, 1.54) is 0 Å². The Balaban J connectivity index is 2.37. The summed E-state index contributed by atoms with van der Waals surface area (Å²) < 4.78 is 2.03. The lowest BCUT2D eigenvalue weighted by Gasteiger charge is -2.19. The molecule has 0 aliphatic carbocycles. The SMILES string of the molecule is CCCC(NC(C)=O)n1cnc2ccccc21. The number of aromatic nitrogens is 2. The van der Waals surface area contributed by atoms with Gasteiger partial charge in [-0.25, -0.2) is 4.98 Å². The Bertz CT molecular complexity index is 518. The fourth-order valence-corrected chi connectivity index (χ4v) is 2.02. The number of hydrogen-bond donors (Lipinski definition) is 1. The second-order valence-corrected chi connectivity index (χ2v) is 4.15. The van der Waals surface area contributed by atoms with Gasteiger partial charge in [0.2, 0.25) is 5.91 Å². The van der Waals surface area contributed by atoms with Crippen LogP contribution < -0.4 is 5.32 Å². The number of benzene rings is 1. The first-order chi connectivity index (χ1) is 8.22. The van der Waals surface area contributed by atoms with Crippen LogP contribution in [-0.4, -0.2) is 15.5 Å². The molecule has 1 unspecified atom stereocenters. The molecule has 4 nitrogen and oxygen atoms in total. The van der Waals surface area contributed by atoms with Crippen molar-refractivity contribution in [3.8, 4) is 0 Å². The van der Waals surface area contributed by atoms with Crippen LogP contribution >= 0.6 is 0 Å². The molecule has 4 heteroatoms. The normalized spacial score (nSPS) is 12.6. The molecule has 90 valence electrons. The highest BCUT2D eigenvalue weighted by atomic mass is 16.1. The zero-order valence-electron chi connectivity index (χ0n) is 10.2. The quantitative estimate of drug-likeness (QED) is 0.878. The molecule has 0 aliphatic rings. The molecule has 1 heterocycles. The molecule has 1 aromatic carbocycles. The molecule has 0 spiro atoms. The topological polar surface area (TPSA) is 46.9 Å². The lowest BCUT2D eigenvalue weighted by atomic mass is 10.2. The summed E-state index contributed by atoms with van der Waals surface area (Å²) in [6.45, 7) is 3.65. The van der Waals surface area contributed by atoms with E-state index in [4.69, 9.17) is 0 Å². The Morgan fingerprint density at radius 1 is 1.47 bits per heavy atom. The summed E-state index contributed by atoms with van der Waals surface area (Å²) in [6, 6.07) is 7.94. The van der Waals surface area contributed by atoms with Gasteiger partial charge in [0, 0.05) is 6.92 Å². The fraction of sp³-hybridized carbons (Fsp3) is 0.385. The molecule has 1 amide bonds. The van der Waals surface area contributed by atoms with Crippen LogP contribution in [0, 0.1) is 0 Å². The molecule has 0 saturated carbocycles. The summed E-state index contributed by atoms with van der Waals surface area (Å²) in [5.74, 6) is -0.0127. The lowest BCUT2D eigenvalue weighted by Crippen LogP contribution is -2.30. The van der Waals surface area contributed by atoms with Crippen molar-refractivity contribution in [2.45, 2.75) is 32.9 Å². The Hall–Kier alpha value is -1.84. The van der Waals surface area contributed by atoms with E-state index in [9.17, 15) is 4.79 Å². The highest BCUT2D eigenvalue weighted by Gasteiger charge is 2.13. The molecule has 2 aromatic rings. The number of para-hydroxylation sites is 2. The summed E-state index contributed by atoms with van der Waals surface area (Å²) >= 11 is 0. The zero-order valence-corrected chi connectivity index (χ0v) is 10.2. The highest BCUT2D eigenvalue weighted by molar-refractivity contribution is 5.76. The summed E-state index contributed by atoms with van der Waals surface area (Å²) in [6.07, 6.45) is 3.70. The smallest absolute Gasteiger partial charge is 0.218 e. The number of carbonyl (C=O) groups is 1. The first-order valence-corrected chi connectivity index (χ1v) is 5.91. The minimum absolute atomic E-state index is 0.00935. The van der Waals surface area contributed by atoms with Crippen molar-refractivity contribution in [3.05, 3.63) is 30.6 Å². The Kier molecular flexibility index (Phi) is 3.42. The van der Waals surface area contributed by atoms with Crippen molar-refractivity contribution in [1.82, 2.24) is 14.9 Å². The Morgan fingerprint density at radius 2 is 2.24 bits per heavy atom. The van der Waals surface area contributed by atoms with Gasteiger partial charge in [0.25, 0.3) is 0 Å². The first-order valence-electron chi connectivity index (χ1n) is 5.91. The van der Waals surface area contributed by atoms with Crippen LogP contribution in [0.4, 0.5) is 0 Å². The van der Waals surface area contributed by atoms with Gasteiger partial charge in [-0.2, -0.15) is 0 Å². The van der Waals surface area contributed by atoms with Crippen LogP contribution in [0.15, 0.2) is 30.6 Å². The van der Waals surface area contributed by atoms with Crippen molar-refractivity contribution >= 4 is 16.9 Å². The van der Waals surface area contributed by atoms with Crippen LogP contribution in [0.5, 0.6) is 0 Å². The number of carbonyl (C=O) groups excluding carboxylic acids is 1. The maximum absolute atomic E-state index is 11.2. The number of nitrogens with one attached hydrogen (secondary N) is 1. The second-order valence-electron chi connectivity index (χ2n) is 4.15. The minimum Gasteiger partial charge on any atom is -0.336 e. The van der Waals surface area contributed by atoms with E-state index in [-0.39, 0.29) is 12.1 Å². The molecular weight excluding hydrogens is 214 g/mol.